The van der Waals surface area contributed by atoms with E-state index in [4.69, 9.17) is 61.3 Å². The van der Waals surface area contributed by atoms with Gasteiger partial charge in [0.15, 0.2) is 31.2 Å². The second-order valence-corrected chi connectivity index (χ2v) is 42.8. The van der Waals surface area contributed by atoms with Gasteiger partial charge >= 0.3 is 30.5 Å². The number of aliphatic hydroxyl groups excluding tert-OH is 3. The number of hydrogen-bond donors (Lipinski definition) is 9. The van der Waals surface area contributed by atoms with Crippen molar-refractivity contribution in [3.05, 3.63) is 301 Å². The van der Waals surface area contributed by atoms with Crippen molar-refractivity contribution in [3.63, 3.8) is 0 Å². The van der Waals surface area contributed by atoms with Gasteiger partial charge < -0.3 is 108 Å². The van der Waals surface area contributed by atoms with Crippen LogP contribution in [0.15, 0.2) is 273 Å². The number of ether oxygens (including phenoxy) is 12. The summed E-state index contributed by atoms with van der Waals surface area (Å²) in [4.78, 5) is 89.5. The summed E-state index contributed by atoms with van der Waals surface area (Å²) in [5.41, 5.74) is 3.27. The smallest absolute Gasteiger partial charge is 0.412 e. The number of fused-ring (bicyclic) bond motifs is 2. The first-order chi connectivity index (χ1) is 61.5. The number of rotatable bonds is 32. The van der Waals surface area contributed by atoms with Gasteiger partial charge in [-0.2, -0.15) is 0 Å². The quantitative estimate of drug-likeness (QED) is 0.0108. The van der Waals surface area contributed by atoms with E-state index in [1.807, 2.05) is 202 Å². The topological polar surface area (TPSA) is 350 Å². The molecule has 15 rings (SSSR count). The first kappa shape index (κ1) is 91.0. The van der Waals surface area contributed by atoms with Crippen molar-refractivity contribution in [3.8, 4) is 0 Å². The molecule has 0 radical (unpaired) electrons. The highest BCUT2D eigenvalue weighted by molar-refractivity contribution is 6.99. The molecule has 6 aliphatic rings. The van der Waals surface area contributed by atoms with Crippen LogP contribution in [0.1, 0.15) is 87.9 Å². The maximum atomic E-state index is 15.0. The Morgan fingerprint density at radius 2 is 0.945 bits per heavy atom. The first-order valence-electron chi connectivity index (χ1n) is 43.3. The summed E-state index contributed by atoms with van der Waals surface area (Å²) < 4.78 is 90.5. The van der Waals surface area contributed by atoms with E-state index in [2.05, 4.69) is 71.6 Å². The Bertz CT molecular complexity index is 4940. The summed E-state index contributed by atoms with van der Waals surface area (Å²) in [6, 6.07) is 79.1. The number of carbonyl (C=O) groups excluding carboxylic acids is 5. The normalized spacial score (nSPS) is 26.5. The molecule has 30 heteroatoms. The third kappa shape index (κ3) is 21.3. The summed E-state index contributed by atoms with van der Waals surface area (Å²) in [6.45, 7) is 9.03. The molecule has 28 nitrogen and oxygen atoms in total. The largest absolute Gasteiger partial charge is 0.445 e. The molecule has 1 unspecified atom stereocenters. The molecule has 0 aromatic heterocycles. The molecule has 0 spiro atoms. The van der Waals surface area contributed by atoms with Crippen LogP contribution in [0.2, 0.25) is 10.1 Å². The van der Waals surface area contributed by atoms with Crippen LogP contribution in [-0.4, -0.2) is 209 Å². The minimum atomic E-state index is -4.21. The van der Waals surface area contributed by atoms with Crippen LogP contribution in [0, 0.1) is 5.92 Å². The zero-order valence-corrected chi connectivity index (χ0v) is 73.5. The van der Waals surface area contributed by atoms with Gasteiger partial charge in [-0.1, -0.05) is 308 Å². The van der Waals surface area contributed by atoms with Crippen LogP contribution >= 0.6 is 0 Å². The van der Waals surface area contributed by atoms with Crippen LogP contribution in [-0.2, 0) is 87.7 Å². The van der Waals surface area contributed by atoms with Gasteiger partial charge in [0.1, 0.15) is 69.1 Å². The maximum absolute atomic E-state index is 15.0. The van der Waals surface area contributed by atoms with Gasteiger partial charge in [-0.25, -0.2) is 24.0 Å². The number of alkyl carbamates (subject to hydrolysis) is 4. The summed E-state index contributed by atoms with van der Waals surface area (Å²) in [7, 11) is -7.87. The van der Waals surface area contributed by atoms with E-state index >= 15 is 4.79 Å². The zero-order valence-electron chi connectivity index (χ0n) is 71.5. The Morgan fingerprint density at radius 1 is 0.496 bits per heavy atom. The number of nitrogens with zero attached hydrogens (tertiary/aromatic N) is 1. The molecule has 6 fully saturated rings. The zero-order chi connectivity index (χ0) is 88.7. The SMILES string of the molecule is CC(C)(C[C@H]1[C@H](O[C@@H]2[C@H]3OC(=O)N[C@@H]3C[C@H](NC(=O)OCc3ccccc3)[C@H]2O[C@H]2O[C@H](CNCCO)[C@@H](O)C[C@H]2NC(=O)OCc2ccccc2)O[C@H](CO[Si](c2ccccc2)(c2ccccc2)C(C)(C)C)[C@H]1O[C@H]1O[C@H]2CN(C(=O)OCc3ccccc3)C(c3ccccc3)O[C@H]2[C@H](O)[C@H]1NC(=O)OCc1ccccc1)[Si](O)(c1ccccc1)c1ccccc1. The lowest BCUT2D eigenvalue weighted by molar-refractivity contribution is -0.321. The maximum Gasteiger partial charge on any atom is 0.412 e. The molecule has 5 amide bonds. The lowest BCUT2D eigenvalue weighted by Crippen LogP contribution is -2.70. The molecule has 9 N–H and O–H groups in total. The van der Waals surface area contributed by atoms with Crippen molar-refractivity contribution in [1.29, 1.82) is 0 Å². The van der Waals surface area contributed by atoms with Crippen LogP contribution in [0.25, 0.3) is 0 Å². The second-order valence-electron chi connectivity index (χ2n) is 34.6. The average molecular weight is 1770 g/mol. The molecule has 127 heavy (non-hydrogen) atoms. The van der Waals surface area contributed by atoms with Gasteiger partial charge in [0.25, 0.3) is 16.6 Å². The van der Waals surface area contributed by atoms with E-state index in [-0.39, 0.29) is 78.5 Å². The predicted octanol–water partition coefficient (Wildman–Crippen LogP) is 9.63. The molecule has 1 saturated carbocycles. The van der Waals surface area contributed by atoms with E-state index in [1.165, 1.54) is 4.90 Å². The fourth-order valence-corrected chi connectivity index (χ4v) is 26.8. The molecule has 1 aliphatic carbocycles. The monoisotopic (exact) mass is 1770 g/mol. The van der Waals surface area contributed by atoms with Gasteiger partial charge in [-0.3, -0.25) is 4.90 Å². The highest BCUT2D eigenvalue weighted by Gasteiger charge is 2.63. The van der Waals surface area contributed by atoms with Crippen LogP contribution in [0.4, 0.5) is 24.0 Å². The van der Waals surface area contributed by atoms with Crippen molar-refractivity contribution in [2.24, 2.45) is 5.92 Å². The Labute approximate surface area is 741 Å². The van der Waals surface area contributed by atoms with E-state index in [9.17, 15) is 39.3 Å². The fourth-order valence-electron chi connectivity index (χ4n) is 18.4. The van der Waals surface area contributed by atoms with Crippen molar-refractivity contribution in [1.82, 2.24) is 31.5 Å². The van der Waals surface area contributed by atoms with Gasteiger partial charge in [0.05, 0.1) is 56.2 Å². The van der Waals surface area contributed by atoms with Crippen molar-refractivity contribution >= 4 is 67.8 Å². The van der Waals surface area contributed by atoms with Gasteiger partial charge in [0, 0.05) is 31.0 Å². The highest BCUT2D eigenvalue weighted by Crippen LogP contribution is 2.50. The van der Waals surface area contributed by atoms with Gasteiger partial charge in [-0.15, -0.1) is 0 Å². The first-order valence-corrected chi connectivity index (χ1v) is 47.1. The molecule has 5 heterocycles. The number of amides is 5. The molecule has 0 bridgehead atoms. The van der Waals surface area contributed by atoms with Crippen LogP contribution < -0.4 is 47.3 Å². The number of carbonyl (C=O) groups is 5. The Balaban J connectivity index is 0.893. The molecule has 5 saturated heterocycles. The molecule has 9 aromatic rings. The predicted molar refractivity (Wildman–Crippen MR) is 473 cm³/mol. The molecular formula is C97H112N6O22Si2. The van der Waals surface area contributed by atoms with E-state index < -0.39 is 173 Å². The van der Waals surface area contributed by atoms with E-state index in [1.54, 1.807) is 60.7 Å². The average Bonchev–Trinajstić information content (AvgIpc) is 1.71. The van der Waals surface area contributed by atoms with Gasteiger partial charge in [0.2, 0.25) is 0 Å². The molecule has 9 aromatic carbocycles. The second kappa shape index (κ2) is 41.6. The van der Waals surface area contributed by atoms with Crippen molar-refractivity contribution < 1.29 is 105 Å². The molecular weight excluding hydrogens is 1660 g/mol. The minimum Gasteiger partial charge on any atom is -0.445 e. The Kier molecular flexibility index (Phi) is 29.8. The Morgan fingerprint density at radius 3 is 1.45 bits per heavy atom. The summed E-state index contributed by atoms with van der Waals surface area (Å²) in [5, 5.41) is 51.8. The number of aliphatic hydroxyl groups is 3. The summed E-state index contributed by atoms with van der Waals surface area (Å²) in [6.07, 6.45) is -24.6. The Hall–Kier alpha value is -10.8. The standard InChI is InChI=1S/C97H112N6O22Si2/c1-96(2,3)127(70-47-29-13-30-48-70,71-49-31-14-32-50-71)117-62-79-82(122-90-80(102-93(109)115-60-65-37-19-8-20-38-65)81(106)85-78(119-90)57-103(87(121-85)67-41-23-10-24-42-67)95(111)116-61-66-39-21-9-22-40-66)72(55-97(4,5)126(112,68-43-25-11-26-44-68)69-45-27-12-28-46-69)88(120-79)124-86-83(73(53-74-84(86)125-94(110)100-74)99-91(107)113-58-63-33-15-6-16-34-63)123-89-75(54-76(105)77(118-89)56-98-51-52-104)101-92(108)114-59-64-35-17-7-18-36-64/h6-50,72-90,98,104-106,112H,51-62H2,1-5H3,(H,99,107)(H,100,110)(H,101,108)(H,102,109)/t72-,73+,74-,75-,76+,77-,78+,79-,80-,81-,82+,83-,84+,85-,86+,87?,88+,89-,90-/m1/s1. The fraction of sp³-hybridized carbons (Fsp3) is 0.392. The highest BCUT2D eigenvalue weighted by atomic mass is 28.4. The number of nitrogens with one attached hydrogen (secondary N) is 5. The third-order valence-corrected chi connectivity index (χ3v) is 34.2. The van der Waals surface area contributed by atoms with Crippen LogP contribution in [0.3, 0.4) is 0 Å². The third-order valence-electron chi connectivity index (χ3n) is 24.7. The molecule has 5 aliphatic heterocycles. The lowest BCUT2D eigenvalue weighted by Gasteiger charge is -2.51. The summed E-state index contributed by atoms with van der Waals surface area (Å²) in [5.74, 6) is -1.20. The van der Waals surface area contributed by atoms with Crippen molar-refractivity contribution in [2.75, 3.05) is 32.8 Å². The van der Waals surface area contributed by atoms with Crippen molar-refractivity contribution in [2.45, 2.75) is 201 Å². The van der Waals surface area contributed by atoms with E-state index in [0.717, 1.165) is 10.4 Å². The lowest BCUT2D eigenvalue weighted by atomic mass is 9.83. The number of benzene rings is 9. The number of hydrogen-bond acceptors (Lipinski definition) is 23. The molecule has 670 valence electrons. The van der Waals surface area contributed by atoms with Gasteiger partial charge in [-0.05, 0) is 65.9 Å². The van der Waals surface area contributed by atoms with E-state index in [0.29, 0.717) is 38.2 Å². The van der Waals surface area contributed by atoms with Crippen LogP contribution in [0.5, 0.6) is 0 Å². The summed E-state index contributed by atoms with van der Waals surface area (Å²) >= 11 is 0. The molecule has 19 atom stereocenters. The minimum absolute atomic E-state index is 0.0139.